The van der Waals surface area contributed by atoms with E-state index in [1.165, 1.54) is 0 Å². The van der Waals surface area contributed by atoms with Gasteiger partial charge >= 0.3 is 0 Å². The third kappa shape index (κ3) is 3.13. The second kappa shape index (κ2) is 5.83. The first kappa shape index (κ1) is 14.8. The fourth-order valence-electron chi connectivity index (χ4n) is 2.12. The summed E-state index contributed by atoms with van der Waals surface area (Å²) < 4.78 is 5.52. The molecule has 1 aliphatic rings. The number of hydrogen-bond donors (Lipinski definition) is 1. The third-order valence-electron chi connectivity index (χ3n) is 3.15. The van der Waals surface area contributed by atoms with Gasteiger partial charge in [0, 0.05) is 12.6 Å². The fourth-order valence-corrected chi connectivity index (χ4v) is 2.12. The number of nitrogens with two attached hydrogens (primary N) is 1. The van der Waals surface area contributed by atoms with Crippen LogP contribution in [0.1, 0.15) is 13.8 Å². The first-order valence-corrected chi connectivity index (χ1v) is 6.65. The van der Waals surface area contributed by atoms with Gasteiger partial charge in [0.1, 0.15) is 5.60 Å². The lowest BCUT2D eigenvalue weighted by molar-refractivity contribution is -0.107. The smallest absolute Gasteiger partial charge is 0.214 e. The predicted octanol–water partition coefficient (Wildman–Crippen LogP) is 2.52. The molecule has 1 amide bonds. The van der Waals surface area contributed by atoms with E-state index in [2.05, 4.69) is 11.6 Å². The molecule has 0 aliphatic carbocycles. The molecule has 0 fully saturated rings. The van der Waals surface area contributed by atoms with Gasteiger partial charge in [0.2, 0.25) is 6.41 Å². The van der Waals surface area contributed by atoms with E-state index >= 15 is 0 Å². The van der Waals surface area contributed by atoms with E-state index in [4.69, 9.17) is 10.5 Å². The summed E-state index contributed by atoms with van der Waals surface area (Å²) in [5.74, 6) is 0.342. The zero-order valence-corrected chi connectivity index (χ0v) is 12.2. The lowest BCUT2D eigenvalue weighted by Gasteiger charge is -2.21. The Labute approximate surface area is 124 Å². The molecular weight excluding hydrogens is 266 g/mol. The van der Waals surface area contributed by atoms with Crippen LogP contribution in [-0.4, -0.2) is 24.3 Å². The molecule has 0 radical (unpaired) electrons. The van der Waals surface area contributed by atoms with E-state index in [1.807, 2.05) is 38.1 Å². The maximum atomic E-state index is 11.2. The molecule has 1 aliphatic heterocycles. The number of amides is 1. The number of nitrogens with zero attached hydrogens (tertiary/aromatic N) is 2. The Morgan fingerprint density at radius 3 is 2.71 bits per heavy atom. The minimum absolute atomic E-state index is 0.342. The standard InChI is InChI=1S/C16H19N3O2/c1-4-9-19(11-20)13-8-6-5-7-12(13)18-14-10-15(17)21-16(14,2)3/h4-8,10-11H,1,9,17H2,2-3H3. The van der Waals surface area contributed by atoms with E-state index in [1.54, 1.807) is 17.1 Å². The first-order valence-electron chi connectivity index (χ1n) is 6.65. The number of hydrogen-bond acceptors (Lipinski definition) is 4. The molecule has 2 N–H and O–H groups in total. The van der Waals surface area contributed by atoms with E-state index in [-0.39, 0.29) is 0 Å². The Morgan fingerprint density at radius 1 is 1.43 bits per heavy atom. The van der Waals surface area contributed by atoms with Crippen molar-refractivity contribution in [3.63, 3.8) is 0 Å². The van der Waals surface area contributed by atoms with Crippen LogP contribution < -0.4 is 10.6 Å². The Morgan fingerprint density at radius 2 is 2.14 bits per heavy atom. The molecule has 110 valence electrons. The maximum Gasteiger partial charge on any atom is 0.214 e. The summed E-state index contributed by atoms with van der Waals surface area (Å²) >= 11 is 0. The molecule has 0 atom stereocenters. The van der Waals surface area contributed by atoms with Crippen molar-refractivity contribution in [1.82, 2.24) is 0 Å². The average Bonchev–Trinajstić information content (AvgIpc) is 2.69. The number of carbonyl (C=O) groups excluding carboxylic acids is 1. The monoisotopic (exact) mass is 285 g/mol. The molecular formula is C16H19N3O2. The molecule has 0 aromatic heterocycles. The Bertz CT molecular complexity index is 618. The van der Waals surface area contributed by atoms with E-state index in [0.29, 0.717) is 18.1 Å². The summed E-state index contributed by atoms with van der Waals surface area (Å²) in [4.78, 5) is 17.4. The van der Waals surface area contributed by atoms with Gasteiger partial charge in [0.15, 0.2) is 5.88 Å². The molecule has 21 heavy (non-hydrogen) atoms. The molecule has 0 bridgehead atoms. The second-order valence-electron chi connectivity index (χ2n) is 5.19. The summed E-state index contributed by atoms with van der Waals surface area (Å²) in [7, 11) is 0. The zero-order chi connectivity index (χ0) is 15.5. The highest BCUT2D eigenvalue weighted by molar-refractivity contribution is 6.05. The van der Waals surface area contributed by atoms with Crippen LogP contribution in [0.4, 0.5) is 11.4 Å². The van der Waals surface area contributed by atoms with Crippen LogP contribution in [0.5, 0.6) is 0 Å². The number of rotatable bonds is 5. The predicted molar refractivity (Wildman–Crippen MR) is 84.6 cm³/mol. The Kier molecular flexibility index (Phi) is 4.12. The molecule has 0 saturated carbocycles. The van der Waals surface area contributed by atoms with Crippen LogP contribution in [0.3, 0.4) is 0 Å². The molecule has 5 nitrogen and oxygen atoms in total. The quantitative estimate of drug-likeness (QED) is 0.667. The second-order valence-corrected chi connectivity index (χ2v) is 5.19. The van der Waals surface area contributed by atoms with Gasteiger partial charge in [0.05, 0.1) is 17.1 Å². The largest absolute Gasteiger partial charge is 0.467 e. The minimum Gasteiger partial charge on any atom is -0.467 e. The number of anilines is 1. The summed E-state index contributed by atoms with van der Waals surface area (Å²) in [6, 6.07) is 7.42. The highest BCUT2D eigenvalue weighted by Gasteiger charge is 2.32. The lowest BCUT2D eigenvalue weighted by Crippen LogP contribution is -2.29. The molecule has 0 unspecified atom stereocenters. The van der Waals surface area contributed by atoms with Crippen molar-refractivity contribution in [2.45, 2.75) is 19.4 Å². The van der Waals surface area contributed by atoms with Gasteiger partial charge in [-0.1, -0.05) is 18.2 Å². The topological polar surface area (TPSA) is 67.9 Å². The van der Waals surface area contributed by atoms with Crippen molar-refractivity contribution in [3.05, 3.63) is 48.9 Å². The summed E-state index contributed by atoms with van der Waals surface area (Å²) in [5, 5.41) is 0. The molecule has 0 spiro atoms. The lowest BCUT2D eigenvalue weighted by atomic mass is 10.0. The van der Waals surface area contributed by atoms with E-state index in [0.717, 1.165) is 17.8 Å². The van der Waals surface area contributed by atoms with Crippen LogP contribution in [0.15, 0.2) is 53.9 Å². The molecule has 2 rings (SSSR count). The highest BCUT2D eigenvalue weighted by atomic mass is 16.5. The summed E-state index contributed by atoms with van der Waals surface area (Å²) in [5.41, 5.74) is 7.24. The van der Waals surface area contributed by atoms with Crippen LogP contribution in [0.2, 0.25) is 0 Å². The van der Waals surface area contributed by atoms with Crippen molar-refractivity contribution >= 4 is 23.5 Å². The highest BCUT2D eigenvalue weighted by Crippen LogP contribution is 2.31. The van der Waals surface area contributed by atoms with Crippen molar-refractivity contribution < 1.29 is 9.53 Å². The molecule has 1 aromatic carbocycles. The third-order valence-corrected chi connectivity index (χ3v) is 3.15. The van der Waals surface area contributed by atoms with Crippen LogP contribution in [0.25, 0.3) is 0 Å². The Hall–Kier alpha value is -2.56. The summed E-state index contributed by atoms with van der Waals surface area (Å²) in [6.07, 6.45) is 4.13. The number of carbonyl (C=O) groups is 1. The number of ether oxygens (including phenoxy) is 1. The van der Waals surface area contributed by atoms with Gasteiger partial charge < -0.3 is 15.4 Å². The van der Waals surface area contributed by atoms with Gasteiger partial charge in [-0.15, -0.1) is 6.58 Å². The van der Waals surface area contributed by atoms with Gasteiger partial charge in [-0.05, 0) is 26.0 Å². The van der Waals surface area contributed by atoms with Crippen molar-refractivity contribution in [1.29, 1.82) is 0 Å². The molecule has 0 saturated heterocycles. The Balaban J connectivity index is 2.46. The first-order chi connectivity index (χ1) is 9.97. The zero-order valence-electron chi connectivity index (χ0n) is 12.2. The summed E-state index contributed by atoms with van der Waals surface area (Å²) in [6.45, 7) is 7.87. The van der Waals surface area contributed by atoms with Gasteiger partial charge in [-0.25, -0.2) is 4.99 Å². The van der Waals surface area contributed by atoms with Crippen molar-refractivity contribution in [2.24, 2.45) is 10.7 Å². The van der Waals surface area contributed by atoms with Crippen LogP contribution in [-0.2, 0) is 9.53 Å². The number of para-hydroxylation sites is 2. The average molecular weight is 285 g/mol. The molecule has 1 aromatic rings. The van der Waals surface area contributed by atoms with Crippen molar-refractivity contribution in [3.8, 4) is 0 Å². The fraction of sp³-hybridized carbons (Fsp3) is 0.250. The molecule has 1 heterocycles. The van der Waals surface area contributed by atoms with E-state index < -0.39 is 5.60 Å². The van der Waals surface area contributed by atoms with E-state index in [9.17, 15) is 4.79 Å². The number of benzene rings is 1. The molecule has 5 heteroatoms. The SMILES string of the molecule is C=CCN(C=O)c1ccccc1N=C1C=C(N)OC1(C)C. The minimum atomic E-state index is -0.582. The van der Waals surface area contributed by atoms with Gasteiger partial charge in [-0.2, -0.15) is 0 Å². The van der Waals surface area contributed by atoms with Gasteiger partial charge in [-0.3, -0.25) is 4.79 Å². The number of aliphatic imine (C=N–C) groups is 1. The van der Waals surface area contributed by atoms with Crippen LogP contribution >= 0.6 is 0 Å². The maximum absolute atomic E-state index is 11.2. The van der Waals surface area contributed by atoms with Gasteiger partial charge in [0.25, 0.3) is 0 Å². The van der Waals surface area contributed by atoms with Crippen LogP contribution in [0, 0.1) is 0 Å². The van der Waals surface area contributed by atoms with Crippen molar-refractivity contribution in [2.75, 3.05) is 11.4 Å². The normalized spacial score (nSPS) is 18.0.